The molecule has 0 aliphatic carbocycles. The molecular formula is C19H20O5. The SMILES string of the molecule is COc1ccc(COc2ccc3c(c2)COCC3CC(=O)O)cc1. The minimum Gasteiger partial charge on any atom is -0.497 e. The molecule has 2 aromatic carbocycles. The summed E-state index contributed by atoms with van der Waals surface area (Å²) in [5.74, 6) is 0.663. The minimum atomic E-state index is -0.809. The van der Waals surface area contributed by atoms with Gasteiger partial charge in [0.25, 0.3) is 0 Å². The van der Waals surface area contributed by atoms with E-state index in [9.17, 15) is 4.79 Å². The first-order chi connectivity index (χ1) is 11.7. The van der Waals surface area contributed by atoms with Gasteiger partial charge in [0, 0.05) is 5.92 Å². The Bertz CT molecular complexity index is 708. The van der Waals surface area contributed by atoms with E-state index in [0.29, 0.717) is 19.8 Å². The molecule has 1 aliphatic rings. The van der Waals surface area contributed by atoms with Gasteiger partial charge in [-0.1, -0.05) is 18.2 Å². The molecule has 1 unspecified atom stereocenters. The normalized spacial score (nSPS) is 16.3. The van der Waals surface area contributed by atoms with Crippen LogP contribution in [0.5, 0.6) is 11.5 Å². The highest BCUT2D eigenvalue weighted by atomic mass is 16.5. The Morgan fingerprint density at radius 1 is 1.21 bits per heavy atom. The van der Waals surface area contributed by atoms with Crippen molar-refractivity contribution in [3.05, 3.63) is 59.2 Å². The first-order valence-corrected chi connectivity index (χ1v) is 7.84. The van der Waals surface area contributed by atoms with Gasteiger partial charge in [-0.3, -0.25) is 4.79 Å². The summed E-state index contributed by atoms with van der Waals surface area (Å²) < 4.78 is 16.5. The summed E-state index contributed by atoms with van der Waals surface area (Å²) in [6.07, 6.45) is 0.0824. The summed E-state index contributed by atoms with van der Waals surface area (Å²) in [6, 6.07) is 13.5. The topological polar surface area (TPSA) is 65.0 Å². The molecule has 0 spiro atoms. The number of rotatable bonds is 6. The van der Waals surface area contributed by atoms with Crippen LogP contribution in [0.25, 0.3) is 0 Å². The molecule has 5 heteroatoms. The predicted molar refractivity (Wildman–Crippen MR) is 88.4 cm³/mol. The molecule has 0 amide bonds. The van der Waals surface area contributed by atoms with E-state index in [2.05, 4.69) is 0 Å². The van der Waals surface area contributed by atoms with Crippen molar-refractivity contribution in [1.82, 2.24) is 0 Å². The number of carboxylic acid groups (broad SMARTS) is 1. The van der Waals surface area contributed by atoms with Gasteiger partial charge in [-0.05, 0) is 41.0 Å². The van der Waals surface area contributed by atoms with Gasteiger partial charge in [-0.2, -0.15) is 0 Å². The Hall–Kier alpha value is -2.53. The van der Waals surface area contributed by atoms with Crippen LogP contribution in [0.15, 0.2) is 42.5 Å². The van der Waals surface area contributed by atoms with Crippen molar-refractivity contribution in [2.75, 3.05) is 13.7 Å². The second kappa shape index (κ2) is 7.36. The third-order valence-electron chi connectivity index (χ3n) is 4.12. The lowest BCUT2D eigenvalue weighted by atomic mass is 9.90. The second-order valence-corrected chi connectivity index (χ2v) is 5.81. The lowest BCUT2D eigenvalue weighted by molar-refractivity contribution is -0.138. The standard InChI is InChI=1S/C19H20O5/c1-22-16-4-2-13(3-5-16)10-24-17-6-7-18-14(8-17)11-23-12-15(18)9-19(20)21/h2-8,15H,9-12H2,1H3,(H,20,21). The van der Waals surface area contributed by atoms with E-state index in [-0.39, 0.29) is 12.3 Å². The molecular weight excluding hydrogens is 308 g/mol. The van der Waals surface area contributed by atoms with Crippen molar-refractivity contribution in [3.63, 3.8) is 0 Å². The molecule has 1 aliphatic heterocycles. The summed E-state index contributed by atoms with van der Waals surface area (Å²) in [6.45, 7) is 1.40. The summed E-state index contributed by atoms with van der Waals surface area (Å²) in [5, 5.41) is 9.00. The molecule has 0 radical (unpaired) electrons. The Balaban J connectivity index is 1.68. The number of carbonyl (C=O) groups is 1. The highest BCUT2D eigenvalue weighted by molar-refractivity contribution is 5.68. The Morgan fingerprint density at radius 3 is 2.67 bits per heavy atom. The molecule has 0 aromatic heterocycles. The van der Waals surface area contributed by atoms with E-state index in [1.54, 1.807) is 7.11 Å². The molecule has 0 saturated heterocycles. The van der Waals surface area contributed by atoms with Crippen LogP contribution in [0.1, 0.15) is 29.0 Å². The van der Waals surface area contributed by atoms with E-state index in [4.69, 9.17) is 19.3 Å². The maximum atomic E-state index is 11.0. The zero-order chi connectivity index (χ0) is 16.9. The molecule has 1 N–H and O–H groups in total. The van der Waals surface area contributed by atoms with Gasteiger partial charge in [0.15, 0.2) is 0 Å². The van der Waals surface area contributed by atoms with Gasteiger partial charge in [-0.25, -0.2) is 0 Å². The smallest absolute Gasteiger partial charge is 0.304 e. The summed E-state index contributed by atoms with van der Waals surface area (Å²) >= 11 is 0. The van der Waals surface area contributed by atoms with E-state index in [1.807, 2.05) is 42.5 Å². The van der Waals surface area contributed by atoms with Crippen LogP contribution in [0.2, 0.25) is 0 Å². The lowest BCUT2D eigenvalue weighted by Crippen LogP contribution is -2.19. The maximum absolute atomic E-state index is 11.0. The Labute approximate surface area is 140 Å². The first kappa shape index (κ1) is 16.3. The third-order valence-corrected chi connectivity index (χ3v) is 4.12. The van der Waals surface area contributed by atoms with Gasteiger partial charge in [-0.15, -0.1) is 0 Å². The zero-order valence-corrected chi connectivity index (χ0v) is 13.5. The van der Waals surface area contributed by atoms with Crippen LogP contribution in [0.4, 0.5) is 0 Å². The highest BCUT2D eigenvalue weighted by Gasteiger charge is 2.23. The number of benzene rings is 2. The molecule has 1 heterocycles. The van der Waals surface area contributed by atoms with E-state index >= 15 is 0 Å². The molecule has 3 rings (SSSR count). The van der Waals surface area contributed by atoms with Crippen LogP contribution >= 0.6 is 0 Å². The Kier molecular flexibility index (Phi) is 5.01. The molecule has 24 heavy (non-hydrogen) atoms. The van der Waals surface area contributed by atoms with Gasteiger partial charge in [0.1, 0.15) is 18.1 Å². The molecule has 0 fully saturated rings. The molecule has 0 bridgehead atoms. The lowest BCUT2D eigenvalue weighted by Gasteiger charge is -2.25. The number of carboxylic acids is 1. The largest absolute Gasteiger partial charge is 0.497 e. The van der Waals surface area contributed by atoms with Gasteiger partial charge < -0.3 is 19.3 Å². The quantitative estimate of drug-likeness (QED) is 0.881. The molecule has 126 valence electrons. The van der Waals surface area contributed by atoms with Crippen molar-refractivity contribution in [1.29, 1.82) is 0 Å². The van der Waals surface area contributed by atoms with Crippen LogP contribution in [0.3, 0.4) is 0 Å². The van der Waals surface area contributed by atoms with Crippen molar-refractivity contribution in [2.45, 2.75) is 25.6 Å². The number of hydrogen-bond acceptors (Lipinski definition) is 4. The fraction of sp³-hybridized carbons (Fsp3) is 0.316. The van der Waals surface area contributed by atoms with Crippen molar-refractivity contribution >= 4 is 5.97 Å². The van der Waals surface area contributed by atoms with Crippen LogP contribution < -0.4 is 9.47 Å². The number of aliphatic carboxylic acids is 1. The third kappa shape index (κ3) is 3.86. The number of ether oxygens (including phenoxy) is 3. The fourth-order valence-electron chi connectivity index (χ4n) is 2.86. The summed E-state index contributed by atoms with van der Waals surface area (Å²) in [4.78, 5) is 11.0. The van der Waals surface area contributed by atoms with Crippen LogP contribution in [0, 0.1) is 0 Å². The minimum absolute atomic E-state index is 0.0824. The average Bonchev–Trinajstić information content (AvgIpc) is 2.60. The van der Waals surface area contributed by atoms with Crippen LogP contribution in [-0.2, 0) is 22.7 Å². The monoisotopic (exact) mass is 328 g/mol. The van der Waals surface area contributed by atoms with Crippen molar-refractivity contribution in [3.8, 4) is 11.5 Å². The Morgan fingerprint density at radius 2 is 1.96 bits per heavy atom. The van der Waals surface area contributed by atoms with Gasteiger partial charge in [0.05, 0.1) is 26.7 Å². The molecule has 0 saturated carbocycles. The first-order valence-electron chi connectivity index (χ1n) is 7.84. The average molecular weight is 328 g/mol. The number of methoxy groups -OCH3 is 1. The molecule has 1 atom stereocenters. The predicted octanol–water partition coefficient (Wildman–Crippen LogP) is 3.36. The van der Waals surface area contributed by atoms with Crippen molar-refractivity contribution < 1.29 is 24.1 Å². The highest BCUT2D eigenvalue weighted by Crippen LogP contribution is 2.32. The van der Waals surface area contributed by atoms with Gasteiger partial charge in [0.2, 0.25) is 0 Å². The summed E-state index contributed by atoms with van der Waals surface area (Å²) in [5.41, 5.74) is 3.09. The van der Waals surface area contributed by atoms with E-state index in [0.717, 1.165) is 28.2 Å². The number of fused-ring (bicyclic) bond motifs is 1. The summed E-state index contributed by atoms with van der Waals surface area (Å²) in [7, 11) is 1.64. The molecule has 2 aromatic rings. The van der Waals surface area contributed by atoms with E-state index in [1.165, 1.54) is 0 Å². The molecule has 5 nitrogen and oxygen atoms in total. The van der Waals surface area contributed by atoms with E-state index < -0.39 is 5.97 Å². The zero-order valence-electron chi connectivity index (χ0n) is 13.5. The number of hydrogen-bond donors (Lipinski definition) is 1. The second-order valence-electron chi connectivity index (χ2n) is 5.81. The fourth-order valence-corrected chi connectivity index (χ4v) is 2.86. The maximum Gasteiger partial charge on any atom is 0.304 e. The van der Waals surface area contributed by atoms with Crippen molar-refractivity contribution in [2.24, 2.45) is 0 Å². The van der Waals surface area contributed by atoms with Gasteiger partial charge >= 0.3 is 5.97 Å². The van der Waals surface area contributed by atoms with Crippen LogP contribution in [-0.4, -0.2) is 24.8 Å².